The molecule has 404 valence electrons. The third kappa shape index (κ3) is 14.9. The van der Waals surface area contributed by atoms with Crippen LogP contribution in [0.5, 0.6) is 0 Å². The fraction of sp³-hybridized carbons (Fsp3) is 0.354. The molecular formula is C65H77N3O6S2Si. The van der Waals surface area contributed by atoms with Crippen LogP contribution in [0.3, 0.4) is 0 Å². The van der Waals surface area contributed by atoms with Gasteiger partial charge in [0.2, 0.25) is 17.7 Å². The Kier molecular flexibility index (Phi) is 20.5. The summed E-state index contributed by atoms with van der Waals surface area (Å²) in [6, 6.07) is 59.4. The summed E-state index contributed by atoms with van der Waals surface area (Å²) in [6.45, 7) is 16.5. The van der Waals surface area contributed by atoms with Crippen LogP contribution in [0.25, 0.3) is 0 Å². The molecule has 0 saturated carbocycles. The molecule has 1 aliphatic heterocycles. The van der Waals surface area contributed by atoms with E-state index in [1.54, 1.807) is 24.8 Å². The highest BCUT2D eigenvalue weighted by Gasteiger charge is 2.44. The summed E-state index contributed by atoms with van der Waals surface area (Å²) < 4.78 is 12.1. The molecule has 1 saturated heterocycles. The van der Waals surface area contributed by atoms with Crippen molar-refractivity contribution in [1.82, 2.24) is 16.0 Å². The zero-order valence-electron chi connectivity index (χ0n) is 45.9. The van der Waals surface area contributed by atoms with E-state index in [9.17, 15) is 14.4 Å². The predicted octanol–water partition coefficient (Wildman–Crippen LogP) is 13.0. The second-order valence-electron chi connectivity index (χ2n) is 21.9. The summed E-state index contributed by atoms with van der Waals surface area (Å²) in [4.78, 5) is 58.3. The number of carbonyl (C=O) groups is 4. The van der Waals surface area contributed by atoms with E-state index in [1.165, 1.54) is 0 Å². The molecule has 77 heavy (non-hydrogen) atoms. The first-order valence-corrected chi connectivity index (χ1v) is 31.9. The van der Waals surface area contributed by atoms with Gasteiger partial charge in [-0.05, 0) is 89.0 Å². The molecule has 0 unspecified atom stereocenters. The second-order valence-corrected chi connectivity index (χ2v) is 29.2. The van der Waals surface area contributed by atoms with Crippen LogP contribution in [-0.2, 0) is 37.8 Å². The van der Waals surface area contributed by atoms with Gasteiger partial charge in [0.25, 0.3) is 0 Å². The summed E-state index contributed by atoms with van der Waals surface area (Å²) in [5.74, 6) is -1.03. The molecule has 7 rings (SSSR count). The Hall–Kier alpha value is -6.18. The molecular weight excluding hydrogens is 1010 g/mol. The Morgan fingerprint density at radius 2 is 1.01 bits per heavy atom. The molecule has 3 amide bonds. The molecule has 1 heterocycles. The van der Waals surface area contributed by atoms with Crippen molar-refractivity contribution >= 4 is 55.5 Å². The van der Waals surface area contributed by atoms with Gasteiger partial charge >= 0.3 is 5.97 Å². The number of hydrogen-bond acceptors (Lipinski definition) is 8. The first-order valence-electron chi connectivity index (χ1n) is 27.0. The monoisotopic (exact) mass is 1090 g/mol. The smallest absolute Gasteiger partial charge is 0.309 e. The molecule has 12 heteroatoms. The van der Waals surface area contributed by atoms with Crippen molar-refractivity contribution in [3.63, 3.8) is 0 Å². The maximum absolute atomic E-state index is 15.2. The topological polar surface area (TPSA) is 123 Å². The average Bonchev–Trinajstić information content (AvgIpc) is 3.45. The van der Waals surface area contributed by atoms with Gasteiger partial charge in [-0.3, -0.25) is 19.2 Å². The molecule has 6 aromatic rings. The number of benzene rings is 6. The fourth-order valence-corrected chi connectivity index (χ4v) is 14.1. The molecule has 0 radical (unpaired) electrons. The van der Waals surface area contributed by atoms with Gasteiger partial charge in [-0.2, -0.15) is 0 Å². The lowest BCUT2D eigenvalue weighted by Crippen LogP contribution is -2.58. The third-order valence-corrected chi connectivity index (χ3v) is 22.4. The lowest BCUT2D eigenvalue weighted by Gasteiger charge is -2.42. The summed E-state index contributed by atoms with van der Waals surface area (Å²) in [5, 5.41) is 9.04. The van der Waals surface area contributed by atoms with Gasteiger partial charge in [-0.1, -0.05) is 223 Å². The highest BCUT2D eigenvalue weighted by molar-refractivity contribution is 8.00. The molecule has 5 atom stereocenters. The Balaban J connectivity index is 1.21. The van der Waals surface area contributed by atoms with Crippen molar-refractivity contribution in [3.8, 4) is 0 Å². The maximum Gasteiger partial charge on any atom is 0.309 e. The molecule has 3 N–H and O–H groups in total. The van der Waals surface area contributed by atoms with Crippen LogP contribution >= 0.6 is 23.5 Å². The third-order valence-electron chi connectivity index (χ3n) is 14.7. The minimum Gasteiger partial charge on any atom is -0.457 e. The number of esters is 1. The Morgan fingerprint density at radius 1 is 0.597 bits per heavy atom. The van der Waals surface area contributed by atoms with E-state index < -0.39 is 71.8 Å². The van der Waals surface area contributed by atoms with Crippen LogP contribution in [0.4, 0.5) is 0 Å². The van der Waals surface area contributed by atoms with Gasteiger partial charge in [-0.25, -0.2) is 0 Å². The van der Waals surface area contributed by atoms with Crippen molar-refractivity contribution in [2.75, 3.05) is 11.5 Å². The molecule has 6 aromatic carbocycles. The largest absolute Gasteiger partial charge is 0.457 e. The second kappa shape index (κ2) is 26.9. The van der Waals surface area contributed by atoms with E-state index in [0.717, 1.165) is 33.4 Å². The zero-order chi connectivity index (χ0) is 55.1. The van der Waals surface area contributed by atoms with E-state index in [-0.39, 0.29) is 29.6 Å². The van der Waals surface area contributed by atoms with Crippen LogP contribution in [0.15, 0.2) is 194 Å². The predicted molar refractivity (Wildman–Crippen MR) is 319 cm³/mol. The van der Waals surface area contributed by atoms with Gasteiger partial charge in [0.1, 0.15) is 18.2 Å². The van der Waals surface area contributed by atoms with Gasteiger partial charge < -0.3 is 25.1 Å². The van der Waals surface area contributed by atoms with Crippen LogP contribution in [-0.4, -0.2) is 73.8 Å². The standard InChI is InChI=1S/C65H77N3O6S2Si/c1-47(2)43-56-58(74-77(7,8)63(4,5)6)45-60(70)73-55(41-27-28-42-75-64(49-29-15-9-16-30-49,50-31-17-10-18-32-50)51-33-19-11-20-34-51)44-59(69)66-48(3)61(71)68-57(62(72)67-56)46-76-65(52-35-21-12-22-36-52,53-37-23-13-24-38-53)54-39-25-14-26-40-54/h9-27,29-41,47-48,55-58H,28,42-46H2,1-8H3,(H,66,69)(H,67,72)(H,68,71)/b41-27+/t48-,55-,56-,57-,58+/m1/s1. The number of allylic oxidation sites excluding steroid dienone is 1. The van der Waals surface area contributed by atoms with Crippen LogP contribution in [0.1, 0.15) is 101 Å². The van der Waals surface area contributed by atoms with Crippen molar-refractivity contribution in [1.29, 1.82) is 0 Å². The van der Waals surface area contributed by atoms with E-state index >= 15 is 4.79 Å². The highest BCUT2D eigenvalue weighted by atomic mass is 32.2. The SMILES string of the molecule is CC(C)C[C@H]1NC(=O)[C@@H](CSC(c2ccccc2)(c2ccccc2)c2ccccc2)NC(=O)[C@@H](C)NC(=O)C[C@@H](/C=C/CCSC(c2ccccc2)(c2ccccc2)c2ccccc2)OC(=O)C[C@@H]1O[Si](C)(C)C(C)(C)C. The molecule has 9 nitrogen and oxygen atoms in total. The molecule has 0 aliphatic carbocycles. The van der Waals surface area contributed by atoms with E-state index in [4.69, 9.17) is 9.16 Å². The minimum absolute atomic E-state index is 0.0908. The number of carbonyl (C=O) groups excluding carboxylic acids is 4. The van der Waals surface area contributed by atoms with Gasteiger partial charge in [0, 0.05) is 5.75 Å². The van der Waals surface area contributed by atoms with Crippen molar-refractivity contribution in [2.24, 2.45) is 5.92 Å². The number of nitrogens with one attached hydrogen (secondary N) is 3. The first kappa shape index (κ1) is 58.5. The quantitative estimate of drug-likeness (QED) is 0.0256. The lowest BCUT2D eigenvalue weighted by atomic mass is 9.84. The molecule has 1 aliphatic rings. The van der Waals surface area contributed by atoms with Crippen LogP contribution < -0.4 is 16.0 Å². The summed E-state index contributed by atoms with van der Waals surface area (Å²) in [5.41, 5.74) is 6.49. The number of cyclic esters (lactones) is 1. The first-order chi connectivity index (χ1) is 36.9. The van der Waals surface area contributed by atoms with Crippen molar-refractivity contribution < 1.29 is 28.3 Å². The van der Waals surface area contributed by atoms with E-state index in [1.807, 2.05) is 90.6 Å². The summed E-state index contributed by atoms with van der Waals surface area (Å²) >= 11 is 3.38. The average molecular weight is 1090 g/mol. The van der Waals surface area contributed by atoms with Crippen molar-refractivity contribution in [3.05, 3.63) is 228 Å². The Labute approximate surface area is 467 Å². The summed E-state index contributed by atoms with van der Waals surface area (Å²) in [7, 11) is -2.60. The fourth-order valence-electron chi connectivity index (χ4n) is 9.75. The Morgan fingerprint density at radius 3 is 1.42 bits per heavy atom. The van der Waals surface area contributed by atoms with E-state index in [2.05, 4.69) is 173 Å². The number of hydrogen-bond donors (Lipinski definition) is 3. The maximum atomic E-state index is 15.2. The minimum atomic E-state index is -2.60. The van der Waals surface area contributed by atoms with E-state index in [0.29, 0.717) is 18.6 Å². The van der Waals surface area contributed by atoms with Gasteiger partial charge in [0.15, 0.2) is 8.32 Å². The molecule has 1 fully saturated rings. The zero-order valence-corrected chi connectivity index (χ0v) is 48.6. The highest BCUT2D eigenvalue weighted by Crippen LogP contribution is 2.50. The van der Waals surface area contributed by atoms with Gasteiger partial charge in [0.05, 0.1) is 34.5 Å². The van der Waals surface area contributed by atoms with Gasteiger partial charge in [-0.15, -0.1) is 23.5 Å². The number of rotatable bonds is 18. The number of thioether (sulfide) groups is 2. The number of amides is 3. The normalized spacial score (nSPS) is 19.6. The Bertz CT molecular complexity index is 2660. The van der Waals surface area contributed by atoms with Crippen LogP contribution in [0, 0.1) is 5.92 Å². The van der Waals surface area contributed by atoms with Crippen LogP contribution in [0.2, 0.25) is 18.1 Å². The lowest BCUT2D eigenvalue weighted by molar-refractivity contribution is -0.150. The molecule has 0 aromatic heterocycles. The molecule has 0 spiro atoms. The number of ether oxygens (including phenoxy) is 1. The molecule has 0 bridgehead atoms. The van der Waals surface area contributed by atoms with Crippen molar-refractivity contribution in [2.45, 2.75) is 125 Å². The summed E-state index contributed by atoms with van der Waals surface area (Å²) in [6.07, 6.45) is 2.74.